The number of hydrogen-bond donors (Lipinski definition) is 1. The normalized spacial score (nSPS) is 11.1. The third-order valence-corrected chi connectivity index (χ3v) is 3.90. The standard InChI is InChI=1S/C13H20N4S/c1-4-6-11-12(8-14-5-2)18-13(16-11)10-7-15-17(3)9-10/h7,9,14H,4-6,8H2,1-3H3. The molecule has 0 saturated carbocycles. The highest BCUT2D eigenvalue weighted by molar-refractivity contribution is 7.15. The van der Waals surface area contributed by atoms with Gasteiger partial charge in [-0.2, -0.15) is 5.10 Å². The largest absolute Gasteiger partial charge is 0.312 e. The molecule has 0 bridgehead atoms. The highest BCUT2D eigenvalue weighted by Crippen LogP contribution is 2.28. The van der Waals surface area contributed by atoms with Crippen LogP contribution in [0.1, 0.15) is 30.8 Å². The van der Waals surface area contributed by atoms with E-state index in [1.807, 2.05) is 24.1 Å². The number of aromatic nitrogens is 3. The summed E-state index contributed by atoms with van der Waals surface area (Å²) < 4.78 is 1.82. The van der Waals surface area contributed by atoms with Gasteiger partial charge < -0.3 is 5.32 Å². The van der Waals surface area contributed by atoms with Crippen LogP contribution >= 0.6 is 11.3 Å². The summed E-state index contributed by atoms with van der Waals surface area (Å²) in [6.07, 6.45) is 6.09. The summed E-state index contributed by atoms with van der Waals surface area (Å²) in [6, 6.07) is 0. The molecule has 1 N–H and O–H groups in total. The third-order valence-electron chi connectivity index (χ3n) is 2.75. The number of hydrogen-bond acceptors (Lipinski definition) is 4. The average Bonchev–Trinajstić information content (AvgIpc) is 2.94. The van der Waals surface area contributed by atoms with Gasteiger partial charge in [-0.3, -0.25) is 4.68 Å². The van der Waals surface area contributed by atoms with Crippen LogP contribution in [0, 0.1) is 0 Å². The van der Waals surface area contributed by atoms with Gasteiger partial charge in [0.05, 0.1) is 11.9 Å². The molecular weight excluding hydrogens is 244 g/mol. The Balaban J connectivity index is 2.26. The van der Waals surface area contributed by atoms with E-state index in [2.05, 4.69) is 24.3 Å². The summed E-state index contributed by atoms with van der Waals surface area (Å²) in [5.74, 6) is 0. The number of nitrogens with zero attached hydrogens (tertiary/aromatic N) is 3. The molecule has 2 rings (SSSR count). The van der Waals surface area contributed by atoms with Crippen molar-refractivity contribution < 1.29 is 0 Å². The van der Waals surface area contributed by atoms with E-state index in [9.17, 15) is 0 Å². The minimum atomic E-state index is 0.920. The van der Waals surface area contributed by atoms with Crippen LogP contribution in [0.15, 0.2) is 12.4 Å². The van der Waals surface area contributed by atoms with Gasteiger partial charge in [-0.25, -0.2) is 4.98 Å². The van der Waals surface area contributed by atoms with Crippen LogP contribution < -0.4 is 5.32 Å². The number of thiazole rings is 1. The zero-order valence-corrected chi connectivity index (χ0v) is 12.0. The molecule has 5 heteroatoms. The second kappa shape index (κ2) is 6.11. The Hall–Kier alpha value is -1.20. The lowest BCUT2D eigenvalue weighted by Crippen LogP contribution is -2.11. The van der Waals surface area contributed by atoms with E-state index in [4.69, 9.17) is 4.98 Å². The zero-order chi connectivity index (χ0) is 13.0. The lowest BCUT2D eigenvalue weighted by Gasteiger charge is -2.00. The fraction of sp³-hybridized carbons (Fsp3) is 0.538. The highest BCUT2D eigenvalue weighted by Gasteiger charge is 2.12. The van der Waals surface area contributed by atoms with Crippen LogP contribution in [0.4, 0.5) is 0 Å². The molecule has 0 aliphatic carbocycles. The molecule has 0 spiro atoms. The summed E-state index contributed by atoms with van der Waals surface area (Å²) >= 11 is 1.78. The van der Waals surface area contributed by atoms with Gasteiger partial charge in [0, 0.05) is 30.2 Å². The second-order valence-corrected chi connectivity index (χ2v) is 5.41. The Morgan fingerprint density at radius 1 is 1.39 bits per heavy atom. The van der Waals surface area contributed by atoms with Gasteiger partial charge in [-0.05, 0) is 13.0 Å². The van der Waals surface area contributed by atoms with Crippen molar-refractivity contribution in [2.45, 2.75) is 33.2 Å². The van der Waals surface area contributed by atoms with Crippen LogP contribution in [-0.2, 0) is 20.0 Å². The fourth-order valence-corrected chi connectivity index (χ4v) is 2.90. The number of aryl methyl sites for hydroxylation is 2. The van der Waals surface area contributed by atoms with Gasteiger partial charge in [0.25, 0.3) is 0 Å². The monoisotopic (exact) mass is 264 g/mol. The quantitative estimate of drug-likeness (QED) is 0.872. The van der Waals surface area contributed by atoms with Crippen LogP contribution in [-0.4, -0.2) is 21.3 Å². The molecular formula is C13H20N4S. The Kier molecular flexibility index (Phi) is 4.49. The van der Waals surface area contributed by atoms with Gasteiger partial charge in [0.2, 0.25) is 0 Å². The smallest absolute Gasteiger partial charge is 0.127 e. The van der Waals surface area contributed by atoms with Crippen molar-refractivity contribution in [3.05, 3.63) is 23.0 Å². The van der Waals surface area contributed by atoms with E-state index in [-0.39, 0.29) is 0 Å². The third kappa shape index (κ3) is 2.97. The van der Waals surface area contributed by atoms with Crippen molar-refractivity contribution in [1.82, 2.24) is 20.1 Å². The Morgan fingerprint density at radius 2 is 2.22 bits per heavy atom. The Labute approximate surface area is 112 Å². The molecule has 0 fully saturated rings. The second-order valence-electron chi connectivity index (χ2n) is 4.32. The van der Waals surface area contributed by atoms with Crippen LogP contribution in [0.2, 0.25) is 0 Å². The molecule has 0 aliphatic rings. The highest BCUT2D eigenvalue weighted by atomic mass is 32.1. The van der Waals surface area contributed by atoms with E-state index < -0.39 is 0 Å². The molecule has 0 atom stereocenters. The maximum atomic E-state index is 4.76. The summed E-state index contributed by atoms with van der Waals surface area (Å²) in [6.45, 7) is 6.23. The minimum Gasteiger partial charge on any atom is -0.312 e. The van der Waals surface area contributed by atoms with E-state index in [0.717, 1.165) is 36.5 Å². The van der Waals surface area contributed by atoms with E-state index >= 15 is 0 Å². The van der Waals surface area contributed by atoms with Gasteiger partial charge in [-0.1, -0.05) is 20.3 Å². The molecule has 0 saturated heterocycles. The van der Waals surface area contributed by atoms with Crippen molar-refractivity contribution in [2.75, 3.05) is 6.54 Å². The van der Waals surface area contributed by atoms with E-state index in [1.54, 1.807) is 11.3 Å². The molecule has 2 aromatic rings. The Bertz CT molecular complexity index is 501. The number of nitrogens with one attached hydrogen (secondary N) is 1. The fourth-order valence-electron chi connectivity index (χ4n) is 1.85. The van der Waals surface area contributed by atoms with Crippen LogP contribution in [0.25, 0.3) is 10.6 Å². The van der Waals surface area contributed by atoms with Crippen molar-refractivity contribution >= 4 is 11.3 Å². The van der Waals surface area contributed by atoms with Crippen molar-refractivity contribution in [1.29, 1.82) is 0 Å². The molecule has 0 aliphatic heterocycles. The summed E-state index contributed by atoms with van der Waals surface area (Å²) in [4.78, 5) is 6.12. The molecule has 0 unspecified atom stereocenters. The molecule has 0 aromatic carbocycles. The predicted molar refractivity (Wildman–Crippen MR) is 75.7 cm³/mol. The zero-order valence-electron chi connectivity index (χ0n) is 11.2. The molecule has 0 radical (unpaired) electrons. The molecule has 98 valence electrons. The summed E-state index contributed by atoms with van der Waals surface area (Å²) in [5.41, 5.74) is 2.35. The first kappa shape index (κ1) is 13.2. The van der Waals surface area contributed by atoms with Crippen LogP contribution in [0.5, 0.6) is 0 Å². The van der Waals surface area contributed by atoms with Crippen LogP contribution in [0.3, 0.4) is 0 Å². The molecule has 18 heavy (non-hydrogen) atoms. The maximum absolute atomic E-state index is 4.76. The SMILES string of the molecule is CCCc1nc(-c2cnn(C)c2)sc1CNCC. The molecule has 0 amide bonds. The van der Waals surface area contributed by atoms with Gasteiger partial charge in [0.1, 0.15) is 5.01 Å². The summed E-state index contributed by atoms with van der Waals surface area (Å²) in [5, 5.41) is 8.67. The Morgan fingerprint density at radius 3 is 2.83 bits per heavy atom. The van der Waals surface area contributed by atoms with E-state index in [1.165, 1.54) is 10.6 Å². The molecule has 4 nitrogen and oxygen atoms in total. The maximum Gasteiger partial charge on any atom is 0.127 e. The average molecular weight is 264 g/mol. The van der Waals surface area contributed by atoms with Gasteiger partial charge >= 0.3 is 0 Å². The molecule has 2 heterocycles. The molecule has 2 aromatic heterocycles. The lowest BCUT2D eigenvalue weighted by molar-refractivity contribution is 0.723. The van der Waals surface area contributed by atoms with Gasteiger partial charge in [-0.15, -0.1) is 11.3 Å². The van der Waals surface area contributed by atoms with Gasteiger partial charge in [0.15, 0.2) is 0 Å². The predicted octanol–water partition coefficient (Wildman–Crippen LogP) is 2.61. The summed E-state index contributed by atoms with van der Waals surface area (Å²) in [7, 11) is 1.93. The van der Waals surface area contributed by atoms with Crippen molar-refractivity contribution in [3.63, 3.8) is 0 Å². The van der Waals surface area contributed by atoms with E-state index in [0.29, 0.717) is 0 Å². The minimum absolute atomic E-state index is 0.920. The van der Waals surface area contributed by atoms with Crippen molar-refractivity contribution in [2.24, 2.45) is 7.05 Å². The first-order valence-electron chi connectivity index (χ1n) is 6.42. The number of rotatable bonds is 6. The topological polar surface area (TPSA) is 42.7 Å². The first-order valence-corrected chi connectivity index (χ1v) is 7.24. The first-order chi connectivity index (χ1) is 8.74. The lowest BCUT2D eigenvalue weighted by atomic mass is 10.2. The van der Waals surface area contributed by atoms with Crippen molar-refractivity contribution in [3.8, 4) is 10.6 Å².